The number of urea groups is 1. The number of hydrogen-bond donors (Lipinski definition) is 3. The van der Waals surface area contributed by atoms with Gasteiger partial charge < -0.3 is 20.5 Å². The average molecular weight is 458 g/mol. The van der Waals surface area contributed by atoms with Crippen LogP contribution in [0.15, 0.2) is 71.4 Å². The van der Waals surface area contributed by atoms with Gasteiger partial charge in [-0.05, 0) is 18.9 Å². The Labute approximate surface area is 194 Å². The number of nitrogens with one attached hydrogen (secondary N) is 2. The van der Waals surface area contributed by atoms with Crippen LogP contribution in [0.25, 0.3) is 22.2 Å². The molecule has 34 heavy (non-hydrogen) atoms. The molecule has 3 heterocycles. The van der Waals surface area contributed by atoms with E-state index in [9.17, 15) is 14.4 Å². The molecule has 0 unspecified atom stereocenters. The molecule has 1 aliphatic rings. The summed E-state index contributed by atoms with van der Waals surface area (Å²) in [5, 5.41) is 10.2. The van der Waals surface area contributed by atoms with E-state index in [2.05, 4.69) is 15.8 Å². The summed E-state index contributed by atoms with van der Waals surface area (Å²) < 4.78 is 6.54. The van der Waals surface area contributed by atoms with Crippen LogP contribution in [0.2, 0.25) is 0 Å². The number of amides is 4. The van der Waals surface area contributed by atoms with Crippen LogP contribution >= 0.6 is 0 Å². The van der Waals surface area contributed by atoms with Gasteiger partial charge in [-0.15, -0.1) is 0 Å². The largest absolute Gasteiger partial charge is 0.351 e. The molecule has 1 saturated heterocycles. The molecule has 10 nitrogen and oxygen atoms in total. The second-order valence-corrected chi connectivity index (χ2v) is 7.98. The summed E-state index contributed by atoms with van der Waals surface area (Å²) in [4.78, 5) is 39.3. The van der Waals surface area contributed by atoms with Gasteiger partial charge in [0.2, 0.25) is 11.8 Å². The van der Waals surface area contributed by atoms with E-state index in [1.54, 1.807) is 30.3 Å². The number of nitrogens with two attached hydrogens (primary N) is 1. The molecule has 1 atom stereocenters. The minimum absolute atomic E-state index is 0.209. The molecule has 10 heteroatoms. The molecule has 2 aromatic carbocycles. The molecule has 4 aromatic rings. The van der Waals surface area contributed by atoms with Crippen molar-refractivity contribution in [1.29, 1.82) is 0 Å². The van der Waals surface area contributed by atoms with Gasteiger partial charge in [-0.2, -0.15) is 0 Å². The maximum absolute atomic E-state index is 13.1. The number of hydrogen-bond acceptors (Lipinski definition) is 5. The van der Waals surface area contributed by atoms with Crippen LogP contribution < -0.4 is 16.4 Å². The first-order chi connectivity index (χ1) is 16.5. The van der Waals surface area contributed by atoms with Crippen molar-refractivity contribution >= 4 is 40.4 Å². The lowest BCUT2D eigenvalue weighted by atomic mass is 10.1. The van der Waals surface area contributed by atoms with Crippen molar-refractivity contribution in [1.82, 2.24) is 14.6 Å². The summed E-state index contributed by atoms with van der Waals surface area (Å²) in [5.41, 5.74) is 7.94. The van der Waals surface area contributed by atoms with Gasteiger partial charge in [0.25, 0.3) is 0 Å². The van der Waals surface area contributed by atoms with Gasteiger partial charge >= 0.3 is 12.1 Å². The highest BCUT2D eigenvalue weighted by Gasteiger charge is 2.35. The Morgan fingerprint density at radius 3 is 2.59 bits per heavy atom. The van der Waals surface area contributed by atoms with Crippen molar-refractivity contribution in [2.24, 2.45) is 5.73 Å². The first-order valence-electron chi connectivity index (χ1n) is 10.8. The zero-order valence-corrected chi connectivity index (χ0v) is 18.1. The second kappa shape index (κ2) is 8.74. The number of carbonyl (C=O) groups is 3. The summed E-state index contributed by atoms with van der Waals surface area (Å²) in [6, 6.07) is 16.4. The maximum atomic E-state index is 13.1. The second-order valence-electron chi connectivity index (χ2n) is 7.98. The summed E-state index contributed by atoms with van der Waals surface area (Å²) in [6.07, 6.45) is 2.68. The molecular weight excluding hydrogens is 436 g/mol. The highest BCUT2D eigenvalue weighted by molar-refractivity contribution is 6.06. The van der Waals surface area contributed by atoms with Crippen molar-refractivity contribution in [2.75, 3.05) is 17.2 Å². The number of likely N-dealkylation sites (tertiary alicyclic amines) is 1. The van der Waals surface area contributed by atoms with Crippen LogP contribution in [0.4, 0.5) is 21.2 Å². The lowest BCUT2D eigenvalue weighted by molar-refractivity contribution is -0.119. The number of aromatic nitrogens is 2. The molecule has 5 rings (SSSR count). The van der Waals surface area contributed by atoms with Gasteiger partial charge in [0.05, 0.1) is 11.2 Å². The van der Waals surface area contributed by atoms with Crippen LogP contribution in [-0.2, 0) is 4.79 Å². The third-order valence-corrected chi connectivity index (χ3v) is 5.83. The van der Waals surface area contributed by atoms with Crippen molar-refractivity contribution in [3.05, 3.63) is 66.9 Å². The van der Waals surface area contributed by atoms with E-state index in [0.717, 1.165) is 5.56 Å². The van der Waals surface area contributed by atoms with Crippen LogP contribution in [0.5, 0.6) is 0 Å². The van der Waals surface area contributed by atoms with Crippen molar-refractivity contribution < 1.29 is 18.9 Å². The molecule has 1 fully saturated rings. The van der Waals surface area contributed by atoms with Crippen LogP contribution in [0.3, 0.4) is 0 Å². The van der Waals surface area contributed by atoms with E-state index >= 15 is 0 Å². The van der Waals surface area contributed by atoms with Crippen LogP contribution in [0.1, 0.15) is 12.8 Å². The predicted octanol–water partition coefficient (Wildman–Crippen LogP) is 3.86. The smallest absolute Gasteiger partial charge is 0.323 e. The lowest BCUT2D eigenvalue weighted by Gasteiger charge is -2.23. The van der Waals surface area contributed by atoms with E-state index in [0.29, 0.717) is 41.7 Å². The van der Waals surface area contributed by atoms with Gasteiger partial charge in [0, 0.05) is 29.8 Å². The Kier molecular flexibility index (Phi) is 5.46. The number of benzene rings is 2. The quantitative estimate of drug-likeness (QED) is 0.427. The number of para-hydroxylation sites is 1. The third-order valence-electron chi connectivity index (χ3n) is 5.83. The van der Waals surface area contributed by atoms with E-state index in [1.807, 2.05) is 30.3 Å². The normalized spacial score (nSPS) is 15.4. The maximum Gasteiger partial charge on any atom is 0.323 e. The van der Waals surface area contributed by atoms with E-state index in [4.69, 9.17) is 10.3 Å². The van der Waals surface area contributed by atoms with Crippen LogP contribution in [0, 0.1) is 0 Å². The Morgan fingerprint density at radius 2 is 1.79 bits per heavy atom. The van der Waals surface area contributed by atoms with E-state index in [1.165, 1.54) is 15.7 Å². The van der Waals surface area contributed by atoms with E-state index in [-0.39, 0.29) is 11.8 Å². The SMILES string of the molecule is NC(=O)n1cc(NC(=O)N2CCC[C@H]2C(=O)Nc2cc(-c3ccccc3)no2)c2ccccc21. The van der Waals surface area contributed by atoms with E-state index < -0.39 is 18.1 Å². The standard InChI is InChI=1S/C24H22N6O4/c25-23(32)30-14-18(16-9-4-5-10-19(16)30)26-24(33)29-12-6-11-20(29)22(31)27-21-13-17(28-34-21)15-7-2-1-3-8-15/h1-5,7-10,13-14,20H,6,11-12H2,(H2,25,32)(H,26,33)(H,27,31)/t20-/m0/s1. The van der Waals surface area contributed by atoms with Crippen LogP contribution in [-0.4, -0.2) is 45.2 Å². The Hall–Kier alpha value is -4.60. The molecule has 1 aliphatic heterocycles. The fraction of sp³-hybridized carbons (Fsp3) is 0.167. The molecule has 2 aromatic heterocycles. The summed E-state index contributed by atoms with van der Waals surface area (Å²) >= 11 is 0. The Balaban J connectivity index is 1.30. The predicted molar refractivity (Wildman–Crippen MR) is 126 cm³/mol. The number of carbonyl (C=O) groups excluding carboxylic acids is 3. The molecular formula is C24H22N6O4. The molecule has 0 saturated carbocycles. The highest BCUT2D eigenvalue weighted by Crippen LogP contribution is 2.28. The zero-order valence-electron chi connectivity index (χ0n) is 18.1. The number of rotatable bonds is 4. The fourth-order valence-electron chi connectivity index (χ4n) is 4.21. The molecule has 0 radical (unpaired) electrons. The minimum atomic E-state index is -0.672. The van der Waals surface area contributed by atoms with Gasteiger partial charge in [-0.3, -0.25) is 14.7 Å². The Bertz CT molecular complexity index is 1380. The number of primary amides is 1. The van der Waals surface area contributed by atoms with Crippen molar-refractivity contribution in [3.63, 3.8) is 0 Å². The molecule has 172 valence electrons. The van der Waals surface area contributed by atoms with Gasteiger partial charge in [0.1, 0.15) is 11.7 Å². The lowest BCUT2D eigenvalue weighted by Crippen LogP contribution is -2.45. The highest BCUT2D eigenvalue weighted by atomic mass is 16.5. The van der Waals surface area contributed by atoms with Crippen molar-refractivity contribution in [2.45, 2.75) is 18.9 Å². The molecule has 4 amide bonds. The van der Waals surface area contributed by atoms with Gasteiger partial charge in [-0.1, -0.05) is 53.7 Å². The Morgan fingerprint density at radius 1 is 1.03 bits per heavy atom. The summed E-state index contributed by atoms with van der Waals surface area (Å²) in [5.74, 6) is -0.149. The monoisotopic (exact) mass is 458 g/mol. The van der Waals surface area contributed by atoms with Gasteiger partial charge in [0.15, 0.2) is 0 Å². The molecule has 0 aliphatic carbocycles. The summed E-state index contributed by atoms with van der Waals surface area (Å²) in [6.45, 7) is 0.421. The minimum Gasteiger partial charge on any atom is -0.351 e. The molecule has 4 N–H and O–H groups in total. The number of anilines is 2. The summed E-state index contributed by atoms with van der Waals surface area (Å²) in [7, 11) is 0. The molecule has 0 spiro atoms. The fourth-order valence-corrected chi connectivity index (χ4v) is 4.21. The van der Waals surface area contributed by atoms with Gasteiger partial charge in [-0.25, -0.2) is 9.59 Å². The molecule has 0 bridgehead atoms. The first kappa shape index (κ1) is 21.3. The topological polar surface area (TPSA) is 135 Å². The number of nitrogens with zero attached hydrogens (tertiary/aromatic N) is 3. The number of fused-ring (bicyclic) bond motifs is 1. The zero-order chi connectivity index (χ0) is 23.7. The first-order valence-corrected chi connectivity index (χ1v) is 10.8. The third kappa shape index (κ3) is 3.96. The average Bonchev–Trinajstić information content (AvgIpc) is 3.59. The van der Waals surface area contributed by atoms with Crippen molar-refractivity contribution in [3.8, 4) is 11.3 Å².